The largest absolute Gasteiger partial charge is 0.511 e. The van der Waals surface area contributed by atoms with Crippen LogP contribution in [-0.2, 0) is 32.2 Å². The maximum atomic E-state index is 12.6. The summed E-state index contributed by atoms with van der Waals surface area (Å²) in [4.78, 5) is 67.9. The number of carbonyl (C=O) groups excluding carboxylic acids is 4. The molecule has 2 N–H and O–H groups in total. The number of hydrogen-bond donors (Lipinski definition) is 2. The number of aromatic nitrogens is 1. The summed E-state index contributed by atoms with van der Waals surface area (Å²) < 4.78 is 15.6. The van der Waals surface area contributed by atoms with Gasteiger partial charge in [0.1, 0.15) is 24.5 Å². The Morgan fingerprint density at radius 1 is 0.709 bits per heavy atom. The number of benzene rings is 4. The van der Waals surface area contributed by atoms with Crippen molar-refractivity contribution in [3.05, 3.63) is 159 Å². The lowest BCUT2D eigenvalue weighted by Crippen LogP contribution is -2.16. The van der Waals surface area contributed by atoms with Crippen molar-refractivity contribution in [1.29, 1.82) is 0 Å². The Labute approximate surface area is 319 Å². The van der Waals surface area contributed by atoms with Gasteiger partial charge in [0.15, 0.2) is 11.2 Å². The van der Waals surface area contributed by atoms with Gasteiger partial charge in [-0.2, -0.15) is 0 Å². The van der Waals surface area contributed by atoms with Gasteiger partial charge in [-0.25, -0.2) is 14.4 Å². The van der Waals surface area contributed by atoms with Gasteiger partial charge in [0.25, 0.3) is 0 Å². The van der Waals surface area contributed by atoms with Crippen molar-refractivity contribution in [3.63, 3.8) is 0 Å². The molecule has 0 amide bonds. The van der Waals surface area contributed by atoms with E-state index in [1.807, 2.05) is 26.0 Å². The number of pyridine rings is 1. The summed E-state index contributed by atoms with van der Waals surface area (Å²) in [5.41, 5.74) is 3.62. The molecule has 0 fully saturated rings. The highest BCUT2D eigenvalue weighted by atomic mass is 16.5. The van der Waals surface area contributed by atoms with Crippen LogP contribution in [0.2, 0.25) is 0 Å². The first kappa shape index (κ1) is 41.1. The minimum absolute atomic E-state index is 0.0425. The van der Waals surface area contributed by atoms with E-state index in [2.05, 4.69) is 9.98 Å². The second-order valence-corrected chi connectivity index (χ2v) is 12.2. The number of ether oxygens (including phenoxy) is 3. The molecule has 0 saturated heterocycles. The smallest absolute Gasteiger partial charge is 0.343 e. The summed E-state index contributed by atoms with van der Waals surface area (Å²) in [6.45, 7) is 5.91. The predicted octanol–water partition coefficient (Wildman–Crippen LogP) is 8.79. The monoisotopic (exact) mass is 744 g/mol. The lowest BCUT2D eigenvalue weighted by atomic mass is 10.0. The molecule has 0 radical (unpaired) electrons. The fourth-order valence-electron chi connectivity index (χ4n) is 5.18. The first-order chi connectivity index (χ1) is 26.6. The molecule has 5 rings (SSSR count). The predicted molar refractivity (Wildman–Crippen MR) is 211 cm³/mol. The van der Waals surface area contributed by atoms with Gasteiger partial charge in [-0.05, 0) is 79.4 Å². The molecule has 0 unspecified atom stereocenters. The topological polar surface area (TPSA) is 161 Å². The molecule has 0 saturated carbocycles. The summed E-state index contributed by atoms with van der Waals surface area (Å²) in [5, 5.41) is 10.5. The molecule has 11 heteroatoms. The van der Waals surface area contributed by atoms with E-state index in [1.54, 1.807) is 97.9 Å². The van der Waals surface area contributed by atoms with Gasteiger partial charge in [0.05, 0.1) is 29.0 Å². The average molecular weight is 745 g/mol. The molecule has 0 atom stereocenters. The third-order valence-corrected chi connectivity index (χ3v) is 8.05. The maximum Gasteiger partial charge on any atom is 0.343 e. The van der Waals surface area contributed by atoms with E-state index in [1.165, 1.54) is 12.4 Å². The zero-order valence-electron chi connectivity index (χ0n) is 31.1. The van der Waals surface area contributed by atoms with Crippen molar-refractivity contribution in [3.8, 4) is 0 Å². The fraction of sp³-hybridized carbons (Fsp3) is 0.227. The highest BCUT2D eigenvalue weighted by Crippen LogP contribution is 2.17. The van der Waals surface area contributed by atoms with Crippen LogP contribution in [0.1, 0.15) is 88.7 Å². The fourth-order valence-corrected chi connectivity index (χ4v) is 5.18. The number of hydrogen-bond acceptors (Lipinski definition) is 10. The summed E-state index contributed by atoms with van der Waals surface area (Å²) in [7, 11) is 0. The molecule has 0 aliphatic carbocycles. The normalized spacial score (nSPS) is 11.3. The Hall–Kier alpha value is -6.62. The molecule has 5 aromatic rings. The van der Waals surface area contributed by atoms with Gasteiger partial charge >= 0.3 is 17.9 Å². The standard InChI is InChI=1S/C23H25NO5.C21H19NO4/c1-3-8-21(25)20(23(27)28-4-2)15-24-19-13-11-17(12-14-19)16-29-22(26)18-9-6-5-7-10-18;1-2-6-19(23)17-12-22-18-10-9-14(11-16(18)20(17)24)13-26-21(25)15-7-4-3-5-8-15/h5-7,9-15,25H,3-4,8,16H2,1-2H3;3-5,7-12H,2,6,13H2,1H3,(H,22,24). The average Bonchev–Trinajstić information content (AvgIpc) is 3.21. The first-order valence-corrected chi connectivity index (χ1v) is 18.0. The molecule has 11 nitrogen and oxygen atoms in total. The third kappa shape index (κ3) is 12.2. The number of aromatic amines is 1. The van der Waals surface area contributed by atoms with Crippen LogP contribution in [0, 0.1) is 0 Å². The molecular weight excluding hydrogens is 700 g/mol. The number of aliphatic hydroxyl groups is 1. The number of carbonyl (C=O) groups is 4. The quantitative estimate of drug-likeness (QED) is 0.0267. The van der Waals surface area contributed by atoms with Crippen molar-refractivity contribution < 1.29 is 38.5 Å². The Balaban J connectivity index is 0.000000246. The van der Waals surface area contributed by atoms with E-state index >= 15 is 0 Å². The number of rotatable bonds is 15. The zero-order chi connectivity index (χ0) is 39.6. The van der Waals surface area contributed by atoms with E-state index in [-0.39, 0.29) is 53.9 Å². The van der Waals surface area contributed by atoms with Gasteiger partial charge in [-0.1, -0.05) is 68.4 Å². The van der Waals surface area contributed by atoms with Crippen LogP contribution in [0.25, 0.3) is 10.9 Å². The van der Waals surface area contributed by atoms with Gasteiger partial charge in [-0.3, -0.25) is 14.6 Å². The van der Waals surface area contributed by atoms with Crippen molar-refractivity contribution in [2.45, 2.75) is 59.7 Å². The number of aliphatic hydroxyl groups excluding tert-OH is 1. The molecule has 0 bridgehead atoms. The Morgan fingerprint density at radius 2 is 1.27 bits per heavy atom. The summed E-state index contributed by atoms with van der Waals surface area (Å²) >= 11 is 0. The SMILES string of the molecule is CCCC(=O)c1c[nH]c2ccc(COC(=O)c3ccccc3)cc2c1=O.CCCC(O)=C(C=Nc1ccc(COC(=O)c2ccccc2)cc1)C(=O)OCC. The van der Waals surface area contributed by atoms with Crippen LogP contribution in [0.5, 0.6) is 0 Å². The molecule has 1 aromatic heterocycles. The second kappa shape index (κ2) is 21.2. The van der Waals surface area contributed by atoms with Gasteiger partial charge in [0, 0.05) is 36.2 Å². The molecule has 284 valence electrons. The van der Waals surface area contributed by atoms with Crippen LogP contribution in [-0.4, -0.2) is 46.6 Å². The maximum absolute atomic E-state index is 12.6. The van der Waals surface area contributed by atoms with E-state index < -0.39 is 11.9 Å². The van der Waals surface area contributed by atoms with Crippen molar-refractivity contribution in [1.82, 2.24) is 4.98 Å². The van der Waals surface area contributed by atoms with Crippen molar-refractivity contribution in [2.75, 3.05) is 6.61 Å². The number of ketones is 1. The molecular formula is C44H44N2O9. The number of aliphatic imine (C=N–C) groups is 1. The molecule has 1 heterocycles. The minimum Gasteiger partial charge on any atom is -0.511 e. The summed E-state index contributed by atoms with van der Waals surface area (Å²) in [6, 6.07) is 29.7. The van der Waals surface area contributed by atoms with E-state index in [9.17, 15) is 29.1 Å². The number of allylic oxidation sites excluding steroid dienone is 1. The molecule has 55 heavy (non-hydrogen) atoms. The lowest BCUT2D eigenvalue weighted by Gasteiger charge is -2.07. The van der Waals surface area contributed by atoms with Gasteiger partial charge < -0.3 is 24.3 Å². The molecule has 4 aromatic carbocycles. The van der Waals surface area contributed by atoms with Crippen LogP contribution in [0.3, 0.4) is 0 Å². The second-order valence-electron chi connectivity index (χ2n) is 12.2. The number of nitrogens with zero attached hydrogens (tertiary/aromatic N) is 1. The minimum atomic E-state index is -0.605. The number of Topliss-reactive ketones (excluding diaryl/α,β-unsaturated/α-hetero) is 1. The highest BCUT2D eigenvalue weighted by molar-refractivity contribution is 6.10. The van der Waals surface area contributed by atoms with Gasteiger partial charge in [0.2, 0.25) is 0 Å². The van der Waals surface area contributed by atoms with Crippen molar-refractivity contribution in [2.24, 2.45) is 4.99 Å². The molecule has 0 aliphatic rings. The van der Waals surface area contributed by atoms with Gasteiger partial charge in [-0.15, -0.1) is 0 Å². The third-order valence-electron chi connectivity index (χ3n) is 8.05. The first-order valence-electron chi connectivity index (χ1n) is 18.0. The van der Waals surface area contributed by atoms with Crippen LogP contribution in [0.15, 0.2) is 130 Å². The number of nitrogens with one attached hydrogen (secondary N) is 1. The van der Waals surface area contributed by atoms with Crippen molar-refractivity contribution >= 4 is 46.5 Å². The Kier molecular flexibility index (Phi) is 15.8. The Morgan fingerprint density at radius 3 is 1.84 bits per heavy atom. The van der Waals surface area contributed by atoms with E-state index in [0.717, 1.165) is 5.56 Å². The number of H-pyrrole nitrogens is 1. The Bertz CT molecular complexity index is 2190. The van der Waals surface area contributed by atoms with E-state index in [4.69, 9.17) is 14.2 Å². The summed E-state index contributed by atoms with van der Waals surface area (Å²) in [5.74, 6) is -1.63. The van der Waals surface area contributed by atoms with Crippen LogP contribution in [0.4, 0.5) is 5.69 Å². The summed E-state index contributed by atoms with van der Waals surface area (Å²) in [6.07, 6.45) is 4.87. The van der Waals surface area contributed by atoms with E-state index in [0.29, 0.717) is 59.0 Å². The number of fused-ring (bicyclic) bond motifs is 1. The zero-order valence-corrected chi connectivity index (χ0v) is 31.1. The highest BCUT2D eigenvalue weighted by Gasteiger charge is 2.15. The molecule has 0 spiro atoms. The number of esters is 3. The molecule has 0 aliphatic heterocycles. The van der Waals surface area contributed by atoms with Crippen LogP contribution < -0.4 is 5.43 Å². The lowest BCUT2D eigenvalue weighted by molar-refractivity contribution is -0.138. The van der Waals surface area contributed by atoms with Crippen LogP contribution >= 0.6 is 0 Å².